The molecule has 0 radical (unpaired) electrons. The fourth-order valence-electron chi connectivity index (χ4n) is 2.90. The molecule has 25 heavy (non-hydrogen) atoms. The van der Waals surface area contributed by atoms with Crippen molar-refractivity contribution in [2.75, 3.05) is 5.32 Å². The summed E-state index contributed by atoms with van der Waals surface area (Å²) in [5, 5.41) is 17.2. The van der Waals surface area contributed by atoms with Crippen molar-refractivity contribution in [1.82, 2.24) is 10.3 Å². The van der Waals surface area contributed by atoms with Crippen LogP contribution in [0.2, 0.25) is 0 Å². The number of hydrogen-bond acceptors (Lipinski definition) is 5. The molecule has 0 aromatic carbocycles. The molecule has 1 aromatic rings. The summed E-state index contributed by atoms with van der Waals surface area (Å²) in [6, 6.07) is 0. The molecule has 1 heterocycles. The van der Waals surface area contributed by atoms with Crippen LogP contribution in [0.4, 0.5) is 5.13 Å². The van der Waals surface area contributed by atoms with Crippen LogP contribution >= 0.6 is 11.3 Å². The Kier molecular flexibility index (Phi) is 6.52. The number of thiazole rings is 1. The number of carboxylic acids is 1. The van der Waals surface area contributed by atoms with Crippen molar-refractivity contribution in [3.63, 3.8) is 0 Å². The molecule has 1 saturated carbocycles. The largest absolute Gasteiger partial charge is 0.480 e. The summed E-state index contributed by atoms with van der Waals surface area (Å²) in [6.07, 6.45) is 4.51. The molecule has 0 saturated heterocycles. The number of aromatic nitrogens is 1. The Morgan fingerprint density at radius 1 is 1.24 bits per heavy atom. The molecule has 3 N–H and O–H groups in total. The molecule has 1 aromatic heterocycles. The van der Waals surface area contributed by atoms with Gasteiger partial charge in [-0.3, -0.25) is 9.59 Å². The Labute approximate surface area is 151 Å². The van der Waals surface area contributed by atoms with E-state index in [9.17, 15) is 19.5 Å². The third-order valence-corrected chi connectivity index (χ3v) is 5.20. The molecule has 0 atom stereocenters. The van der Waals surface area contributed by atoms with Gasteiger partial charge in [-0.2, -0.15) is 0 Å². The summed E-state index contributed by atoms with van der Waals surface area (Å²) in [5.41, 5.74) is -0.645. The molecular weight excluding hydrogens is 342 g/mol. The molecule has 1 aliphatic rings. The van der Waals surface area contributed by atoms with Crippen LogP contribution in [-0.4, -0.2) is 33.4 Å². The smallest absolute Gasteiger partial charge is 0.329 e. The number of hydrogen-bond donors (Lipinski definition) is 3. The molecule has 1 aliphatic carbocycles. The van der Waals surface area contributed by atoms with Crippen molar-refractivity contribution in [1.29, 1.82) is 0 Å². The Bertz CT molecular complexity index is 634. The second-order valence-electron chi connectivity index (χ2n) is 6.81. The lowest BCUT2D eigenvalue weighted by molar-refractivity contribution is -0.148. The molecule has 7 nitrogen and oxygen atoms in total. The van der Waals surface area contributed by atoms with Gasteiger partial charge in [0.05, 0.1) is 12.1 Å². The van der Waals surface area contributed by atoms with Crippen LogP contribution < -0.4 is 10.6 Å². The number of carbonyl (C=O) groups excluding carboxylic acids is 2. The van der Waals surface area contributed by atoms with E-state index in [4.69, 9.17) is 0 Å². The number of carbonyl (C=O) groups is 3. The van der Waals surface area contributed by atoms with Crippen LogP contribution in [-0.2, 0) is 20.8 Å². The average Bonchev–Trinajstić information content (AvgIpc) is 2.82. The van der Waals surface area contributed by atoms with Gasteiger partial charge in [0.25, 0.3) is 0 Å². The Morgan fingerprint density at radius 3 is 2.44 bits per heavy atom. The molecule has 2 amide bonds. The number of nitrogens with one attached hydrogen (secondary N) is 2. The van der Waals surface area contributed by atoms with Crippen LogP contribution in [0.3, 0.4) is 0 Å². The van der Waals surface area contributed by atoms with Crippen LogP contribution in [0.15, 0.2) is 5.38 Å². The van der Waals surface area contributed by atoms with E-state index in [-0.39, 0.29) is 24.2 Å². The number of aliphatic carboxylic acids is 1. The van der Waals surface area contributed by atoms with E-state index in [0.717, 1.165) is 25.7 Å². The monoisotopic (exact) mass is 367 g/mol. The third-order valence-electron chi connectivity index (χ3n) is 4.39. The number of amides is 2. The summed E-state index contributed by atoms with van der Waals surface area (Å²) < 4.78 is 0. The number of rotatable bonds is 6. The van der Waals surface area contributed by atoms with Crippen LogP contribution in [0.5, 0.6) is 0 Å². The normalized spacial score (nSPS) is 16.9. The first-order valence-electron chi connectivity index (χ1n) is 8.62. The summed E-state index contributed by atoms with van der Waals surface area (Å²) in [5.74, 6) is -1.60. The molecule has 1 fully saturated rings. The topological polar surface area (TPSA) is 108 Å². The summed E-state index contributed by atoms with van der Waals surface area (Å²) in [4.78, 5) is 40.0. The minimum absolute atomic E-state index is 0.00305. The zero-order valence-corrected chi connectivity index (χ0v) is 15.4. The first-order valence-corrected chi connectivity index (χ1v) is 9.50. The Balaban J connectivity index is 1.98. The summed E-state index contributed by atoms with van der Waals surface area (Å²) in [7, 11) is 0. The second-order valence-corrected chi connectivity index (χ2v) is 7.67. The van der Waals surface area contributed by atoms with E-state index in [0.29, 0.717) is 23.7 Å². The predicted octanol–water partition coefficient (Wildman–Crippen LogP) is 2.57. The van der Waals surface area contributed by atoms with E-state index in [1.54, 1.807) is 19.2 Å². The van der Waals surface area contributed by atoms with Crippen molar-refractivity contribution >= 4 is 34.3 Å². The molecule has 8 heteroatoms. The molecule has 0 unspecified atom stereocenters. The van der Waals surface area contributed by atoms with E-state index in [1.807, 2.05) is 0 Å². The van der Waals surface area contributed by atoms with Crippen molar-refractivity contribution in [2.45, 2.75) is 64.3 Å². The van der Waals surface area contributed by atoms with E-state index >= 15 is 0 Å². The van der Waals surface area contributed by atoms with Gasteiger partial charge in [-0.1, -0.05) is 39.5 Å². The Morgan fingerprint density at radius 2 is 1.88 bits per heavy atom. The van der Waals surface area contributed by atoms with Gasteiger partial charge in [0, 0.05) is 11.3 Å². The van der Waals surface area contributed by atoms with Gasteiger partial charge in [0.2, 0.25) is 11.8 Å². The van der Waals surface area contributed by atoms with Gasteiger partial charge in [-0.15, -0.1) is 11.3 Å². The first-order chi connectivity index (χ1) is 11.8. The van der Waals surface area contributed by atoms with Crippen molar-refractivity contribution < 1.29 is 19.5 Å². The highest BCUT2D eigenvalue weighted by molar-refractivity contribution is 7.13. The number of carboxylic acid groups (broad SMARTS) is 1. The molecule has 0 bridgehead atoms. The summed E-state index contributed by atoms with van der Waals surface area (Å²) >= 11 is 1.25. The first kappa shape index (κ1) is 19.4. The van der Waals surface area contributed by atoms with E-state index in [1.165, 1.54) is 11.3 Å². The lowest BCUT2D eigenvalue weighted by Crippen LogP contribution is -2.54. The second kappa shape index (κ2) is 8.42. The predicted molar refractivity (Wildman–Crippen MR) is 95.5 cm³/mol. The number of anilines is 1. The maximum atomic E-state index is 12.3. The summed E-state index contributed by atoms with van der Waals surface area (Å²) in [6.45, 7) is 3.57. The van der Waals surface area contributed by atoms with E-state index < -0.39 is 11.5 Å². The van der Waals surface area contributed by atoms with Crippen molar-refractivity contribution in [3.05, 3.63) is 11.1 Å². The molecule has 138 valence electrons. The average molecular weight is 367 g/mol. The third kappa shape index (κ3) is 5.26. The van der Waals surface area contributed by atoms with Gasteiger partial charge in [-0.05, 0) is 12.8 Å². The minimum Gasteiger partial charge on any atom is -0.480 e. The van der Waals surface area contributed by atoms with Gasteiger partial charge in [0.1, 0.15) is 5.54 Å². The quantitative estimate of drug-likeness (QED) is 0.670. The fraction of sp³-hybridized carbons (Fsp3) is 0.647. The molecule has 2 rings (SSSR count). The van der Waals surface area contributed by atoms with Crippen molar-refractivity contribution in [3.8, 4) is 0 Å². The zero-order valence-electron chi connectivity index (χ0n) is 14.6. The van der Waals surface area contributed by atoms with Crippen LogP contribution in [0, 0.1) is 5.92 Å². The molecule has 0 spiro atoms. The lowest BCUT2D eigenvalue weighted by Gasteiger charge is -2.29. The SMILES string of the molecule is CC(C)C(=O)Nc1nc(CC(=O)NC2(C(=O)O)CCCCCC2)cs1. The fourth-order valence-corrected chi connectivity index (χ4v) is 3.61. The maximum Gasteiger partial charge on any atom is 0.329 e. The highest BCUT2D eigenvalue weighted by atomic mass is 32.1. The Hall–Kier alpha value is -1.96. The van der Waals surface area contributed by atoms with Gasteiger partial charge < -0.3 is 15.7 Å². The zero-order chi connectivity index (χ0) is 18.4. The molecular formula is C17H25N3O4S. The van der Waals surface area contributed by atoms with Crippen LogP contribution in [0.1, 0.15) is 58.1 Å². The lowest BCUT2D eigenvalue weighted by atomic mass is 9.90. The van der Waals surface area contributed by atoms with Crippen LogP contribution in [0.25, 0.3) is 0 Å². The van der Waals surface area contributed by atoms with Crippen molar-refractivity contribution in [2.24, 2.45) is 5.92 Å². The van der Waals surface area contributed by atoms with Gasteiger partial charge >= 0.3 is 5.97 Å². The van der Waals surface area contributed by atoms with Gasteiger partial charge in [0.15, 0.2) is 5.13 Å². The standard InChI is InChI=1S/C17H25N3O4S/c1-11(2)14(22)19-16-18-12(10-25-16)9-13(21)20-17(15(23)24)7-5-3-4-6-8-17/h10-11H,3-9H2,1-2H3,(H,20,21)(H,23,24)(H,18,19,22). The minimum atomic E-state index is -1.17. The highest BCUT2D eigenvalue weighted by Crippen LogP contribution is 2.27. The molecule has 0 aliphatic heterocycles. The highest BCUT2D eigenvalue weighted by Gasteiger charge is 2.40. The van der Waals surface area contributed by atoms with Gasteiger partial charge in [-0.25, -0.2) is 9.78 Å². The number of nitrogens with zero attached hydrogens (tertiary/aromatic N) is 1. The van der Waals surface area contributed by atoms with E-state index in [2.05, 4.69) is 15.6 Å². The maximum absolute atomic E-state index is 12.3.